The molecule has 1 aromatic rings. The lowest BCUT2D eigenvalue weighted by atomic mass is 10.0. The summed E-state index contributed by atoms with van der Waals surface area (Å²) in [4.78, 5) is 15.9. The van der Waals surface area contributed by atoms with Crippen LogP contribution in [0.25, 0.3) is 0 Å². The summed E-state index contributed by atoms with van der Waals surface area (Å²) < 4.78 is 42.1. The predicted octanol–water partition coefficient (Wildman–Crippen LogP) is 1.99. The highest BCUT2D eigenvalue weighted by Crippen LogP contribution is 2.35. The van der Waals surface area contributed by atoms with Gasteiger partial charge in [0, 0.05) is 37.9 Å². The average Bonchev–Trinajstić information content (AvgIpc) is 2.65. The molecule has 0 aromatic carbocycles. The molecule has 0 bridgehead atoms. The van der Waals surface area contributed by atoms with Gasteiger partial charge in [0.15, 0.2) is 6.04 Å². The molecule has 9 heteroatoms. The van der Waals surface area contributed by atoms with Crippen molar-refractivity contribution in [3.05, 3.63) is 17.0 Å². The van der Waals surface area contributed by atoms with Crippen molar-refractivity contribution in [2.75, 3.05) is 33.2 Å². The number of halogens is 3. The molecule has 0 aliphatic carbocycles. The molecule has 1 saturated heterocycles. The number of nitrogens with zero attached hydrogens (tertiary/aromatic N) is 4. The van der Waals surface area contributed by atoms with E-state index in [9.17, 15) is 18.0 Å². The molecule has 0 saturated carbocycles. The third kappa shape index (κ3) is 4.00. The zero-order valence-corrected chi connectivity index (χ0v) is 14.4. The first kappa shape index (κ1) is 18.6. The summed E-state index contributed by atoms with van der Waals surface area (Å²) in [5, 5.41) is 6.21. The zero-order valence-electron chi connectivity index (χ0n) is 14.4. The molecule has 1 aliphatic rings. The van der Waals surface area contributed by atoms with Crippen molar-refractivity contribution >= 4 is 6.03 Å². The summed E-state index contributed by atoms with van der Waals surface area (Å²) >= 11 is 0. The lowest BCUT2D eigenvalue weighted by molar-refractivity contribution is -0.155. The molecule has 2 amide bonds. The zero-order chi connectivity index (χ0) is 18.1. The third-order valence-corrected chi connectivity index (χ3v) is 4.46. The van der Waals surface area contributed by atoms with Crippen molar-refractivity contribution in [1.82, 2.24) is 24.9 Å². The van der Waals surface area contributed by atoms with E-state index < -0.39 is 18.2 Å². The van der Waals surface area contributed by atoms with E-state index in [1.54, 1.807) is 14.0 Å². The molecule has 2 heterocycles. The third-order valence-electron chi connectivity index (χ3n) is 4.46. The van der Waals surface area contributed by atoms with Gasteiger partial charge in [0.05, 0.1) is 5.69 Å². The fourth-order valence-electron chi connectivity index (χ4n) is 2.99. The number of urea groups is 1. The molecule has 1 fully saturated rings. The molecule has 0 spiro atoms. The van der Waals surface area contributed by atoms with Gasteiger partial charge in [0.1, 0.15) is 0 Å². The molecular formula is C15H24F3N5O. The van der Waals surface area contributed by atoms with E-state index in [2.05, 4.69) is 15.3 Å². The van der Waals surface area contributed by atoms with Gasteiger partial charge in [-0.15, -0.1) is 0 Å². The van der Waals surface area contributed by atoms with Crippen LogP contribution in [0.3, 0.4) is 0 Å². The standard InChI is InChI=1S/C15H24F3N5O/c1-10-12(11(2)22(4)20-10)13(15(16,17)18)19-14(24)23-7-5-6-21(3)8-9-23/h13H,5-9H2,1-4H3,(H,19,24)/t13-/m1/s1. The van der Waals surface area contributed by atoms with E-state index in [0.29, 0.717) is 25.3 Å². The van der Waals surface area contributed by atoms with Gasteiger partial charge >= 0.3 is 12.2 Å². The van der Waals surface area contributed by atoms with Crippen LogP contribution < -0.4 is 5.32 Å². The minimum absolute atomic E-state index is 0.0188. The molecule has 0 unspecified atom stereocenters. The lowest BCUT2D eigenvalue weighted by Crippen LogP contribution is -2.47. The molecule has 24 heavy (non-hydrogen) atoms. The van der Waals surface area contributed by atoms with E-state index in [-0.39, 0.29) is 11.3 Å². The second-order valence-electron chi connectivity index (χ2n) is 6.28. The van der Waals surface area contributed by atoms with Gasteiger partial charge < -0.3 is 15.1 Å². The topological polar surface area (TPSA) is 53.4 Å². The highest BCUT2D eigenvalue weighted by molar-refractivity contribution is 5.75. The highest BCUT2D eigenvalue weighted by atomic mass is 19.4. The Bertz CT molecular complexity index is 599. The van der Waals surface area contributed by atoms with Gasteiger partial charge in [-0.2, -0.15) is 18.3 Å². The van der Waals surface area contributed by atoms with E-state index >= 15 is 0 Å². The first-order valence-corrected chi connectivity index (χ1v) is 7.92. The van der Waals surface area contributed by atoms with Crippen LogP contribution in [0.2, 0.25) is 0 Å². The second kappa shape index (κ2) is 7.00. The van der Waals surface area contributed by atoms with Crippen LogP contribution in [0.4, 0.5) is 18.0 Å². The Morgan fingerprint density at radius 1 is 1.17 bits per heavy atom. The predicted molar refractivity (Wildman–Crippen MR) is 83.7 cm³/mol. The van der Waals surface area contributed by atoms with E-state index in [0.717, 1.165) is 13.0 Å². The molecule has 136 valence electrons. The maximum Gasteiger partial charge on any atom is 0.413 e. The number of hydrogen-bond acceptors (Lipinski definition) is 3. The van der Waals surface area contributed by atoms with Crippen LogP contribution in [0, 0.1) is 13.8 Å². The number of aryl methyl sites for hydroxylation is 2. The number of alkyl halides is 3. The number of rotatable bonds is 2. The number of carbonyl (C=O) groups is 1. The van der Waals surface area contributed by atoms with Crippen molar-refractivity contribution in [1.29, 1.82) is 0 Å². The largest absolute Gasteiger partial charge is 0.413 e. The SMILES string of the molecule is Cc1nn(C)c(C)c1[C@@H](NC(=O)N1CCCN(C)CC1)C(F)(F)F. The summed E-state index contributed by atoms with van der Waals surface area (Å²) in [6, 6.07) is -2.74. The first-order chi connectivity index (χ1) is 11.1. The number of likely N-dealkylation sites (N-methyl/N-ethyl adjacent to an activating group) is 1. The summed E-state index contributed by atoms with van der Waals surface area (Å²) in [5.74, 6) is 0. The number of hydrogen-bond donors (Lipinski definition) is 1. The number of aromatic nitrogens is 2. The van der Waals surface area contributed by atoms with Crippen LogP contribution >= 0.6 is 0 Å². The molecular weight excluding hydrogens is 323 g/mol. The summed E-state index contributed by atoms with van der Waals surface area (Å²) in [6.07, 6.45) is -3.84. The Morgan fingerprint density at radius 2 is 1.83 bits per heavy atom. The fourth-order valence-corrected chi connectivity index (χ4v) is 2.99. The minimum Gasteiger partial charge on any atom is -0.323 e. The van der Waals surface area contributed by atoms with Crippen molar-refractivity contribution in [2.45, 2.75) is 32.5 Å². The summed E-state index contributed by atoms with van der Waals surface area (Å²) in [7, 11) is 3.52. The maximum absolute atomic E-state index is 13.6. The Labute approximate surface area is 139 Å². The minimum atomic E-state index is -4.59. The maximum atomic E-state index is 13.6. The van der Waals surface area contributed by atoms with Crippen LogP contribution in [0.5, 0.6) is 0 Å². The Morgan fingerprint density at radius 3 is 2.38 bits per heavy atom. The van der Waals surface area contributed by atoms with Gasteiger partial charge in [-0.1, -0.05) is 0 Å². The van der Waals surface area contributed by atoms with Crippen LogP contribution in [0.15, 0.2) is 0 Å². The quantitative estimate of drug-likeness (QED) is 0.890. The molecule has 1 N–H and O–H groups in total. The summed E-state index contributed by atoms with van der Waals surface area (Å²) in [5.41, 5.74) is 0.684. The molecule has 6 nitrogen and oxygen atoms in total. The second-order valence-corrected chi connectivity index (χ2v) is 6.28. The number of nitrogens with one attached hydrogen (secondary N) is 1. The molecule has 1 aromatic heterocycles. The molecule has 1 aliphatic heterocycles. The van der Waals surface area contributed by atoms with E-state index in [1.165, 1.54) is 16.5 Å². The lowest BCUT2D eigenvalue weighted by Gasteiger charge is -2.27. The van der Waals surface area contributed by atoms with Crippen LogP contribution in [-0.2, 0) is 7.05 Å². The first-order valence-electron chi connectivity index (χ1n) is 7.92. The normalized spacial score (nSPS) is 18.4. The van der Waals surface area contributed by atoms with Gasteiger partial charge in [-0.3, -0.25) is 4.68 Å². The molecule has 0 radical (unpaired) electrons. The number of amides is 2. The van der Waals surface area contributed by atoms with Gasteiger partial charge in [-0.25, -0.2) is 4.79 Å². The summed E-state index contributed by atoms with van der Waals surface area (Å²) in [6.45, 7) is 5.43. The Kier molecular flexibility index (Phi) is 5.42. The Balaban J connectivity index is 2.22. The monoisotopic (exact) mass is 347 g/mol. The highest BCUT2D eigenvalue weighted by Gasteiger charge is 2.45. The smallest absolute Gasteiger partial charge is 0.323 e. The van der Waals surface area contributed by atoms with E-state index in [4.69, 9.17) is 0 Å². The van der Waals surface area contributed by atoms with Crippen molar-refractivity contribution in [2.24, 2.45) is 7.05 Å². The average molecular weight is 347 g/mol. The van der Waals surface area contributed by atoms with Gasteiger partial charge in [0.2, 0.25) is 0 Å². The fraction of sp³-hybridized carbons (Fsp3) is 0.733. The van der Waals surface area contributed by atoms with Gasteiger partial charge in [0.25, 0.3) is 0 Å². The van der Waals surface area contributed by atoms with Crippen molar-refractivity contribution in [3.8, 4) is 0 Å². The van der Waals surface area contributed by atoms with Crippen LogP contribution in [0.1, 0.15) is 29.4 Å². The van der Waals surface area contributed by atoms with Crippen LogP contribution in [-0.4, -0.2) is 65.0 Å². The number of carbonyl (C=O) groups excluding carboxylic acids is 1. The Hall–Kier alpha value is -1.77. The molecule has 2 rings (SSSR count). The van der Waals surface area contributed by atoms with E-state index in [1.807, 2.05) is 7.05 Å². The van der Waals surface area contributed by atoms with Crippen molar-refractivity contribution < 1.29 is 18.0 Å². The molecule has 1 atom stereocenters. The van der Waals surface area contributed by atoms with Gasteiger partial charge in [-0.05, 0) is 33.9 Å². The van der Waals surface area contributed by atoms with Crippen molar-refractivity contribution in [3.63, 3.8) is 0 Å².